The first-order valence-electron chi connectivity index (χ1n) is 7.42. The summed E-state index contributed by atoms with van der Waals surface area (Å²) < 4.78 is 0. The van der Waals surface area contributed by atoms with E-state index in [4.69, 9.17) is 0 Å². The number of hydrogen-bond acceptors (Lipinski definition) is 3. The first-order chi connectivity index (χ1) is 10.7. The van der Waals surface area contributed by atoms with Crippen molar-refractivity contribution in [2.24, 2.45) is 5.10 Å². The molecule has 0 fully saturated rings. The standard InChI is InChI=1S/C18H20N2O2/c1-2-3-9-17(14-7-5-4-6-8-14)19-20-18(22)15-10-12-16(21)13-11-15/h4-8,10-13,21H,2-3,9H2,1H3,(H,20,22). The monoisotopic (exact) mass is 296 g/mol. The van der Waals surface area contributed by atoms with Crippen molar-refractivity contribution in [1.29, 1.82) is 0 Å². The van der Waals surface area contributed by atoms with E-state index in [2.05, 4.69) is 17.5 Å². The van der Waals surface area contributed by atoms with Crippen LogP contribution in [-0.4, -0.2) is 16.7 Å². The Morgan fingerprint density at radius 1 is 1.05 bits per heavy atom. The molecule has 2 rings (SSSR count). The molecule has 0 aromatic heterocycles. The van der Waals surface area contributed by atoms with Crippen LogP contribution in [0.1, 0.15) is 42.1 Å². The predicted molar refractivity (Wildman–Crippen MR) is 88.1 cm³/mol. The van der Waals surface area contributed by atoms with Crippen LogP contribution in [0, 0.1) is 0 Å². The molecular formula is C18H20N2O2. The largest absolute Gasteiger partial charge is 0.508 e. The van der Waals surface area contributed by atoms with Crippen LogP contribution in [0.3, 0.4) is 0 Å². The molecule has 0 saturated heterocycles. The Morgan fingerprint density at radius 3 is 2.36 bits per heavy atom. The lowest BCUT2D eigenvalue weighted by molar-refractivity contribution is 0.0955. The molecule has 0 saturated carbocycles. The zero-order valence-corrected chi connectivity index (χ0v) is 12.6. The van der Waals surface area contributed by atoms with Crippen molar-refractivity contribution in [3.8, 4) is 5.75 Å². The summed E-state index contributed by atoms with van der Waals surface area (Å²) in [6.07, 6.45) is 2.90. The van der Waals surface area contributed by atoms with Gasteiger partial charge in [0.15, 0.2) is 0 Å². The van der Waals surface area contributed by atoms with E-state index in [1.54, 1.807) is 12.1 Å². The first-order valence-corrected chi connectivity index (χ1v) is 7.42. The quantitative estimate of drug-likeness (QED) is 0.630. The average Bonchev–Trinajstić information content (AvgIpc) is 2.56. The average molecular weight is 296 g/mol. The Kier molecular flexibility index (Phi) is 5.72. The number of nitrogens with one attached hydrogen (secondary N) is 1. The van der Waals surface area contributed by atoms with Crippen molar-refractivity contribution in [2.75, 3.05) is 0 Å². The van der Waals surface area contributed by atoms with Crippen molar-refractivity contribution in [2.45, 2.75) is 26.2 Å². The molecule has 114 valence electrons. The van der Waals surface area contributed by atoms with E-state index in [0.717, 1.165) is 30.5 Å². The van der Waals surface area contributed by atoms with E-state index in [9.17, 15) is 9.90 Å². The molecule has 0 unspecified atom stereocenters. The molecule has 0 aliphatic rings. The molecule has 2 aromatic carbocycles. The Bertz CT molecular complexity index is 634. The van der Waals surface area contributed by atoms with Crippen LogP contribution >= 0.6 is 0 Å². The summed E-state index contributed by atoms with van der Waals surface area (Å²) in [6.45, 7) is 2.12. The van der Waals surface area contributed by atoms with E-state index in [0.29, 0.717) is 5.56 Å². The van der Waals surface area contributed by atoms with Gasteiger partial charge in [-0.25, -0.2) is 5.43 Å². The van der Waals surface area contributed by atoms with Crippen molar-refractivity contribution in [3.63, 3.8) is 0 Å². The Balaban J connectivity index is 2.12. The molecule has 0 aliphatic heterocycles. The molecule has 0 spiro atoms. The minimum Gasteiger partial charge on any atom is -0.508 e. The lowest BCUT2D eigenvalue weighted by Crippen LogP contribution is -2.20. The van der Waals surface area contributed by atoms with Gasteiger partial charge >= 0.3 is 0 Å². The molecule has 22 heavy (non-hydrogen) atoms. The molecule has 2 N–H and O–H groups in total. The highest BCUT2D eigenvalue weighted by Gasteiger charge is 2.07. The lowest BCUT2D eigenvalue weighted by Gasteiger charge is -2.07. The third-order valence-electron chi connectivity index (χ3n) is 3.30. The lowest BCUT2D eigenvalue weighted by atomic mass is 10.1. The first kappa shape index (κ1) is 15.8. The number of unbranched alkanes of at least 4 members (excludes halogenated alkanes) is 1. The predicted octanol–water partition coefficient (Wildman–Crippen LogP) is 3.72. The molecule has 0 radical (unpaired) electrons. The number of carbonyl (C=O) groups excluding carboxylic acids is 1. The number of amides is 1. The van der Waals surface area contributed by atoms with Gasteiger partial charge in [-0.2, -0.15) is 5.10 Å². The van der Waals surface area contributed by atoms with Crippen molar-refractivity contribution in [3.05, 3.63) is 65.7 Å². The van der Waals surface area contributed by atoms with Gasteiger partial charge in [0.05, 0.1) is 5.71 Å². The Labute approximate surface area is 130 Å². The van der Waals surface area contributed by atoms with Gasteiger partial charge in [0.25, 0.3) is 5.91 Å². The third kappa shape index (κ3) is 4.45. The van der Waals surface area contributed by atoms with E-state index in [-0.39, 0.29) is 11.7 Å². The minimum absolute atomic E-state index is 0.132. The summed E-state index contributed by atoms with van der Waals surface area (Å²) in [5, 5.41) is 13.5. The highest BCUT2D eigenvalue weighted by atomic mass is 16.3. The highest BCUT2D eigenvalue weighted by molar-refractivity contribution is 6.02. The van der Waals surface area contributed by atoms with Gasteiger partial charge in [-0.05, 0) is 42.7 Å². The molecule has 2 aromatic rings. The number of phenolic OH excluding ortho intramolecular Hbond substituents is 1. The highest BCUT2D eigenvalue weighted by Crippen LogP contribution is 2.10. The van der Waals surface area contributed by atoms with Crippen LogP contribution in [0.25, 0.3) is 0 Å². The fraction of sp³-hybridized carbons (Fsp3) is 0.222. The fourth-order valence-electron chi connectivity index (χ4n) is 2.04. The van der Waals surface area contributed by atoms with Crippen LogP contribution in [0.5, 0.6) is 5.75 Å². The summed E-state index contributed by atoms with van der Waals surface area (Å²) in [5.41, 5.74) is 4.94. The number of phenols is 1. The van der Waals surface area contributed by atoms with Crippen LogP contribution in [0.4, 0.5) is 0 Å². The molecule has 4 heteroatoms. The maximum absolute atomic E-state index is 12.1. The van der Waals surface area contributed by atoms with E-state index in [1.807, 2.05) is 30.3 Å². The second kappa shape index (κ2) is 7.98. The molecule has 0 aliphatic carbocycles. The topological polar surface area (TPSA) is 61.7 Å². The maximum atomic E-state index is 12.1. The van der Waals surface area contributed by atoms with Gasteiger partial charge in [-0.3, -0.25) is 4.79 Å². The number of benzene rings is 2. The SMILES string of the molecule is CCCCC(=NNC(=O)c1ccc(O)cc1)c1ccccc1. The van der Waals surface area contributed by atoms with Crippen LogP contribution in [0.15, 0.2) is 59.7 Å². The third-order valence-corrected chi connectivity index (χ3v) is 3.30. The zero-order valence-electron chi connectivity index (χ0n) is 12.6. The van der Waals surface area contributed by atoms with E-state index >= 15 is 0 Å². The van der Waals surface area contributed by atoms with Gasteiger partial charge in [0, 0.05) is 5.56 Å². The molecule has 1 amide bonds. The molecule has 0 atom stereocenters. The zero-order chi connectivity index (χ0) is 15.8. The van der Waals surface area contributed by atoms with E-state index < -0.39 is 0 Å². The fourth-order valence-corrected chi connectivity index (χ4v) is 2.04. The number of hydrogen-bond donors (Lipinski definition) is 2. The number of rotatable bonds is 6. The van der Waals surface area contributed by atoms with Crippen LogP contribution in [0.2, 0.25) is 0 Å². The van der Waals surface area contributed by atoms with Gasteiger partial charge in [-0.15, -0.1) is 0 Å². The summed E-state index contributed by atoms with van der Waals surface area (Å²) in [5.74, 6) is -0.155. The van der Waals surface area contributed by atoms with Crippen LogP contribution in [-0.2, 0) is 0 Å². The Hall–Kier alpha value is -2.62. The van der Waals surface area contributed by atoms with Gasteiger partial charge in [0.1, 0.15) is 5.75 Å². The second-order valence-corrected chi connectivity index (χ2v) is 5.02. The normalized spacial score (nSPS) is 11.2. The minimum atomic E-state index is -0.287. The van der Waals surface area contributed by atoms with Crippen molar-refractivity contribution in [1.82, 2.24) is 5.43 Å². The number of carbonyl (C=O) groups is 1. The van der Waals surface area contributed by atoms with Crippen molar-refractivity contribution < 1.29 is 9.90 Å². The summed E-state index contributed by atoms with van der Waals surface area (Å²) in [7, 11) is 0. The summed E-state index contributed by atoms with van der Waals surface area (Å²) >= 11 is 0. The number of nitrogens with zero attached hydrogens (tertiary/aromatic N) is 1. The van der Waals surface area contributed by atoms with Crippen LogP contribution < -0.4 is 5.43 Å². The molecule has 0 bridgehead atoms. The van der Waals surface area contributed by atoms with Crippen molar-refractivity contribution >= 4 is 11.6 Å². The number of aromatic hydroxyl groups is 1. The maximum Gasteiger partial charge on any atom is 0.271 e. The van der Waals surface area contributed by atoms with E-state index in [1.165, 1.54) is 12.1 Å². The van der Waals surface area contributed by atoms with Gasteiger partial charge < -0.3 is 5.11 Å². The summed E-state index contributed by atoms with van der Waals surface area (Å²) in [4.78, 5) is 12.1. The molecular weight excluding hydrogens is 276 g/mol. The number of hydrazone groups is 1. The molecule has 0 heterocycles. The smallest absolute Gasteiger partial charge is 0.271 e. The Morgan fingerprint density at radius 2 is 1.73 bits per heavy atom. The van der Waals surface area contributed by atoms with Gasteiger partial charge in [0.2, 0.25) is 0 Å². The van der Waals surface area contributed by atoms with Gasteiger partial charge in [-0.1, -0.05) is 43.7 Å². The summed E-state index contributed by atoms with van der Waals surface area (Å²) in [6, 6.07) is 15.9. The second-order valence-electron chi connectivity index (χ2n) is 5.02. The molecule has 4 nitrogen and oxygen atoms in total.